The molecule has 1 aromatic heterocycles. The van der Waals surface area contributed by atoms with E-state index in [0.29, 0.717) is 18.6 Å². The van der Waals surface area contributed by atoms with E-state index in [4.69, 9.17) is 4.74 Å². The molecule has 178 valence electrons. The quantitative estimate of drug-likeness (QED) is 0.457. The van der Waals surface area contributed by atoms with Crippen LogP contribution in [-0.4, -0.2) is 52.9 Å². The third-order valence-electron chi connectivity index (χ3n) is 6.84. The molecule has 5 rings (SSSR count). The van der Waals surface area contributed by atoms with Gasteiger partial charge in [0.25, 0.3) is 0 Å². The zero-order chi connectivity index (χ0) is 23.5. The summed E-state index contributed by atoms with van der Waals surface area (Å²) in [7, 11) is 0. The molecule has 0 radical (unpaired) electrons. The molecule has 1 fully saturated rings. The number of carbonyl (C=O) groups excluding carboxylic acids is 1. The SMILES string of the molecule is Cc1[nH]ncc1-c1ccc(CC(=O)C2COc3c(F)cccc3C2)c(SCCN2CCCC2)c1. The number of aryl methyl sites for hydroxylation is 1. The normalized spacial score (nSPS) is 18.0. The molecule has 2 aromatic carbocycles. The molecular weight excluding hydrogens is 449 g/mol. The summed E-state index contributed by atoms with van der Waals surface area (Å²) in [5, 5.41) is 7.18. The Labute approximate surface area is 204 Å². The van der Waals surface area contributed by atoms with Crippen LogP contribution in [0, 0.1) is 18.7 Å². The van der Waals surface area contributed by atoms with Crippen LogP contribution in [0.25, 0.3) is 11.1 Å². The Balaban J connectivity index is 1.33. The predicted molar refractivity (Wildman–Crippen MR) is 133 cm³/mol. The third kappa shape index (κ3) is 5.05. The van der Waals surface area contributed by atoms with Crippen LogP contribution in [0.5, 0.6) is 5.75 Å². The first-order valence-electron chi connectivity index (χ1n) is 12.0. The summed E-state index contributed by atoms with van der Waals surface area (Å²) in [5.74, 6) is 0.819. The van der Waals surface area contributed by atoms with Crippen molar-refractivity contribution in [3.05, 3.63) is 65.2 Å². The van der Waals surface area contributed by atoms with Crippen molar-refractivity contribution in [2.45, 2.75) is 37.5 Å². The highest BCUT2D eigenvalue weighted by atomic mass is 32.2. The second-order valence-corrected chi connectivity index (χ2v) is 10.3. The molecule has 34 heavy (non-hydrogen) atoms. The molecule has 1 unspecified atom stereocenters. The Morgan fingerprint density at radius 2 is 2.12 bits per heavy atom. The number of hydrogen-bond donors (Lipinski definition) is 1. The lowest BCUT2D eigenvalue weighted by molar-refractivity contribution is -0.123. The maximum absolute atomic E-state index is 14.0. The van der Waals surface area contributed by atoms with Crippen molar-refractivity contribution in [1.29, 1.82) is 0 Å². The van der Waals surface area contributed by atoms with E-state index < -0.39 is 0 Å². The molecule has 0 saturated carbocycles. The number of ether oxygens (including phenoxy) is 1. The highest BCUT2D eigenvalue weighted by Crippen LogP contribution is 2.33. The number of likely N-dealkylation sites (tertiary alicyclic amines) is 1. The van der Waals surface area contributed by atoms with Crippen molar-refractivity contribution < 1.29 is 13.9 Å². The first kappa shape index (κ1) is 23.1. The van der Waals surface area contributed by atoms with E-state index in [2.05, 4.69) is 33.3 Å². The zero-order valence-corrected chi connectivity index (χ0v) is 20.3. The number of aromatic amines is 1. The molecule has 0 spiro atoms. The number of aromatic nitrogens is 2. The van der Waals surface area contributed by atoms with Crippen LogP contribution in [0.15, 0.2) is 47.5 Å². The van der Waals surface area contributed by atoms with Gasteiger partial charge in [-0.3, -0.25) is 9.89 Å². The van der Waals surface area contributed by atoms with Crippen LogP contribution >= 0.6 is 11.8 Å². The number of ketones is 1. The van der Waals surface area contributed by atoms with E-state index in [-0.39, 0.29) is 24.1 Å². The largest absolute Gasteiger partial charge is 0.489 e. The number of Topliss-reactive ketones (excluding diaryl/α,β-unsaturated/α-hetero) is 1. The summed E-state index contributed by atoms with van der Waals surface area (Å²) in [5.41, 5.74) is 5.04. The topological polar surface area (TPSA) is 58.2 Å². The smallest absolute Gasteiger partial charge is 0.165 e. The monoisotopic (exact) mass is 479 g/mol. The van der Waals surface area contributed by atoms with Gasteiger partial charge in [0.1, 0.15) is 5.78 Å². The van der Waals surface area contributed by atoms with Gasteiger partial charge in [0, 0.05) is 34.9 Å². The number of benzene rings is 2. The lowest BCUT2D eigenvalue weighted by Gasteiger charge is -2.25. The Hall–Kier alpha value is -2.64. The van der Waals surface area contributed by atoms with E-state index in [1.807, 2.05) is 30.9 Å². The Bertz CT molecular complexity index is 1170. The van der Waals surface area contributed by atoms with Gasteiger partial charge in [-0.25, -0.2) is 4.39 Å². The van der Waals surface area contributed by atoms with Crippen molar-refractivity contribution >= 4 is 17.5 Å². The number of H-pyrrole nitrogens is 1. The molecule has 1 atom stereocenters. The standard InChI is InChI=1S/C27H30FN3O2S/c1-18-23(16-29-30-18)19-7-8-20(26(15-19)34-12-11-31-9-2-3-10-31)14-25(32)22-13-21-5-4-6-24(28)27(21)33-17-22/h4-8,15-16,22H,2-3,9-14,17H2,1H3,(H,29,30). The second-order valence-electron chi connectivity index (χ2n) is 9.21. The maximum atomic E-state index is 14.0. The molecule has 3 heterocycles. The summed E-state index contributed by atoms with van der Waals surface area (Å²) in [6.45, 7) is 5.68. The lowest BCUT2D eigenvalue weighted by Crippen LogP contribution is -2.30. The van der Waals surface area contributed by atoms with Gasteiger partial charge in [0.2, 0.25) is 0 Å². The van der Waals surface area contributed by atoms with E-state index in [1.165, 1.54) is 32.0 Å². The minimum Gasteiger partial charge on any atom is -0.489 e. The number of fused-ring (bicyclic) bond motifs is 1. The molecule has 0 amide bonds. The van der Waals surface area contributed by atoms with Gasteiger partial charge in [-0.15, -0.1) is 11.8 Å². The van der Waals surface area contributed by atoms with Gasteiger partial charge >= 0.3 is 0 Å². The number of nitrogens with one attached hydrogen (secondary N) is 1. The molecule has 2 aliphatic rings. The highest BCUT2D eigenvalue weighted by Gasteiger charge is 2.28. The fourth-order valence-corrected chi connectivity index (χ4v) is 5.96. The number of para-hydroxylation sites is 1. The summed E-state index contributed by atoms with van der Waals surface area (Å²) in [4.78, 5) is 16.9. The van der Waals surface area contributed by atoms with Gasteiger partial charge < -0.3 is 9.64 Å². The van der Waals surface area contributed by atoms with E-state index >= 15 is 0 Å². The number of rotatable bonds is 8. The Kier molecular flexibility index (Phi) is 7.02. The highest BCUT2D eigenvalue weighted by molar-refractivity contribution is 7.99. The number of thioether (sulfide) groups is 1. The fraction of sp³-hybridized carbons (Fsp3) is 0.407. The molecule has 1 saturated heterocycles. The molecule has 7 heteroatoms. The third-order valence-corrected chi connectivity index (χ3v) is 7.91. The van der Waals surface area contributed by atoms with Crippen LogP contribution in [0.4, 0.5) is 4.39 Å². The van der Waals surface area contributed by atoms with Crippen molar-refractivity contribution in [3.63, 3.8) is 0 Å². The average Bonchev–Trinajstić information content (AvgIpc) is 3.52. The first-order valence-corrected chi connectivity index (χ1v) is 13.0. The zero-order valence-electron chi connectivity index (χ0n) is 19.5. The Morgan fingerprint density at radius 3 is 2.91 bits per heavy atom. The average molecular weight is 480 g/mol. The minimum atomic E-state index is -0.356. The van der Waals surface area contributed by atoms with Crippen LogP contribution in [0.3, 0.4) is 0 Å². The van der Waals surface area contributed by atoms with Gasteiger partial charge in [0.05, 0.1) is 18.7 Å². The van der Waals surface area contributed by atoms with Crippen molar-refractivity contribution in [3.8, 4) is 16.9 Å². The number of nitrogens with zero attached hydrogens (tertiary/aromatic N) is 2. The second kappa shape index (κ2) is 10.3. The number of halogens is 1. The molecule has 5 nitrogen and oxygen atoms in total. The van der Waals surface area contributed by atoms with Crippen molar-refractivity contribution in [1.82, 2.24) is 15.1 Å². The molecular formula is C27H30FN3O2S. The van der Waals surface area contributed by atoms with E-state index in [9.17, 15) is 9.18 Å². The van der Waals surface area contributed by atoms with Crippen LogP contribution in [0.1, 0.15) is 29.7 Å². The summed E-state index contributed by atoms with van der Waals surface area (Å²) < 4.78 is 19.6. The minimum absolute atomic E-state index is 0.142. The lowest BCUT2D eigenvalue weighted by atomic mass is 9.89. The summed E-state index contributed by atoms with van der Waals surface area (Å²) in [6.07, 6.45) is 5.31. The van der Waals surface area contributed by atoms with Gasteiger partial charge in [-0.2, -0.15) is 5.10 Å². The van der Waals surface area contributed by atoms with Gasteiger partial charge in [0.15, 0.2) is 11.6 Å². The predicted octanol–water partition coefficient (Wildman–Crippen LogP) is 5.08. The Morgan fingerprint density at radius 1 is 1.26 bits per heavy atom. The van der Waals surface area contributed by atoms with Crippen molar-refractivity contribution in [2.75, 3.05) is 32.0 Å². The molecule has 3 aromatic rings. The number of carbonyl (C=O) groups is 1. The summed E-state index contributed by atoms with van der Waals surface area (Å²) in [6, 6.07) is 11.3. The van der Waals surface area contributed by atoms with E-state index in [1.54, 1.807) is 6.07 Å². The van der Waals surface area contributed by atoms with Gasteiger partial charge in [-0.1, -0.05) is 24.3 Å². The molecule has 1 N–H and O–H groups in total. The molecule has 0 bridgehead atoms. The van der Waals surface area contributed by atoms with E-state index in [0.717, 1.165) is 45.1 Å². The fourth-order valence-electron chi connectivity index (χ4n) is 4.86. The van der Waals surface area contributed by atoms with Crippen LogP contribution in [0.2, 0.25) is 0 Å². The van der Waals surface area contributed by atoms with Crippen LogP contribution in [-0.2, 0) is 17.6 Å². The van der Waals surface area contributed by atoms with Crippen LogP contribution < -0.4 is 4.74 Å². The van der Waals surface area contributed by atoms with Gasteiger partial charge in [-0.05, 0) is 68.1 Å². The molecule has 0 aliphatic carbocycles. The summed E-state index contributed by atoms with van der Waals surface area (Å²) >= 11 is 1.83. The first-order chi connectivity index (χ1) is 16.6. The number of hydrogen-bond acceptors (Lipinski definition) is 5. The maximum Gasteiger partial charge on any atom is 0.165 e. The molecule has 2 aliphatic heterocycles. The van der Waals surface area contributed by atoms with Crippen molar-refractivity contribution in [2.24, 2.45) is 5.92 Å².